The van der Waals surface area contributed by atoms with Gasteiger partial charge in [0.2, 0.25) is 0 Å². The zero-order valence-corrected chi connectivity index (χ0v) is 9.22. The summed E-state index contributed by atoms with van der Waals surface area (Å²) in [5, 5.41) is 13.3. The van der Waals surface area contributed by atoms with Crippen molar-refractivity contribution in [3.63, 3.8) is 0 Å². The topological polar surface area (TPSA) is 35.8 Å². The summed E-state index contributed by atoms with van der Waals surface area (Å²) in [6.45, 7) is 1.81. The van der Waals surface area contributed by atoms with E-state index in [1.165, 1.54) is 0 Å². The largest absolute Gasteiger partial charge is 0.317 e. The molecule has 1 aliphatic heterocycles. The summed E-state index contributed by atoms with van der Waals surface area (Å²) in [5.41, 5.74) is 0.717. The molecule has 0 bridgehead atoms. The lowest BCUT2D eigenvalue weighted by Crippen LogP contribution is -2.38. The van der Waals surface area contributed by atoms with Gasteiger partial charge in [0.05, 0.1) is 11.5 Å². The fourth-order valence-corrected chi connectivity index (χ4v) is 2.30. The Labute approximate surface area is 94.9 Å². The summed E-state index contributed by atoms with van der Waals surface area (Å²) < 4.78 is 0. The molecule has 0 unspecified atom stereocenters. The fourth-order valence-electron chi connectivity index (χ4n) is 2.10. The second kappa shape index (κ2) is 4.22. The molecule has 1 aliphatic rings. The van der Waals surface area contributed by atoms with Crippen LogP contribution < -0.4 is 5.32 Å². The van der Waals surface area contributed by atoms with Crippen LogP contribution >= 0.6 is 11.6 Å². The van der Waals surface area contributed by atoms with E-state index in [-0.39, 0.29) is 5.41 Å². The summed E-state index contributed by atoms with van der Waals surface area (Å²) in [7, 11) is 0. The predicted molar refractivity (Wildman–Crippen MR) is 60.8 cm³/mol. The average molecular weight is 221 g/mol. The van der Waals surface area contributed by atoms with Crippen molar-refractivity contribution in [2.24, 2.45) is 0 Å². The highest BCUT2D eigenvalue weighted by molar-refractivity contribution is 6.30. The normalized spacial score (nSPS) is 19.5. The molecule has 1 aromatic rings. The van der Waals surface area contributed by atoms with Crippen LogP contribution in [0.4, 0.5) is 0 Å². The van der Waals surface area contributed by atoms with Gasteiger partial charge in [0.25, 0.3) is 0 Å². The van der Waals surface area contributed by atoms with Crippen molar-refractivity contribution in [3.8, 4) is 6.07 Å². The number of rotatable bonds is 1. The van der Waals surface area contributed by atoms with Gasteiger partial charge in [-0.3, -0.25) is 0 Å². The lowest BCUT2D eigenvalue weighted by molar-refractivity contribution is 0.382. The Kier molecular flexibility index (Phi) is 2.95. The smallest absolute Gasteiger partial charge is 0.0847 e. The second-order valence-corrected chi connectivity index (χ2v) is 4.39. The van der Waals surface area contributed by atoms with Crippen molar-refractivity contribution in [1.29, 1.82) is 5.26 Å². The fraction of sp³-hybridized carbons (Fsp3) is 0.417. The predicted octanol–water partition coefficient (Wildman–Crippen LogP) is 2.48. The van der Waals surface area contributed by atoms with Gasteiger partial charge in [0.1, 0.15) is 0 Å². The van der Waals surface area contributed by atoms with Crippen molar-refractivity contribution in [3.05, 3.63) is 34.9 Å². The van der Waals surface area contributed by atoms with Crippen molar-refractivity contribution in [2.45, 2.75) is 18.3 Å². The van der Waals surface area contributed by atoms with E-state index < -0.39 is 0 Å². The first kappa shape index (κ1) is 10.5. The monoisotopic (exact) mass is 220 g/mol. The molecule has 0 aliphatic carbocycles. The molecule has 1 fully saturated rings. The van der Waals surface area contributed by atoms with Gasteiger partial charge in [-0.05, 0) is 43.6 Å². The van der Waals surface area contributed by atoms with Gasteiger partial charge >= 0.3 is 0 Å². The van der Waals surface area contributed by atoms with Gasteiger partial charge in [-0.15, -0.1) is 0 Å². The van der Waals surface area contributed by atoms with Crippen LogP contribution in [-0.2, 0) is 5.41 Å². The number of benzene rings is 1. The van der Waals surface area contributed by atoms with Gasteiger partial charge in [0, 0.05) is 5.02 Å². The summed E-state index contributed by atoms with van der Waals surface area (Å²) in [5.74, 6) is 0. The second-order valence-electron chi connectivity index (χ2n) is 3.95. The van der Waals surface area contributed by atoms with Crippen LogP contribution in [0.5, 0.6) is 0 Å². The lowest BCUT2D eigenvalue weighted by Gasteiger charge is -2.31. The van der Waals surface area contributed by atoms with Crippen molar-refractivity contribution in [2.75, 3.05) is 13.1 Å². The van der Waals surface area contributed by atoms with Gasteiger partial charge in [-0.1, -0.05) is 23.7 Å². The van der Waals surface area contributed by atoms with E-state index in [1.54, 1.807) is 0 Å². The van der Waals surface area contributed by atoms with Gasteiger partial charge in [-0.25, -0.2) is 0 Å². The van der Waals surface area contributed by atoms with Crippen LogP contribution in [0.3, 0.4) is 0 Å². The molecule has 0 amide bonds. The number of halogens is 1. The molecule has 78 valence electrons. The molecule has 0 radical (unpaired) electrons. The Hall–Kier alpha value is -1.04. The quantitative estimate of drug-likeness (QED) is 0.790. The number of nitrogens with zero attached hydrogens (tertiary/aromatic N) is 1. The molecule has 1 aromatic carbocycles. The van der Waals surface area contributed by atoms with Crippen LogP contribution in [0.1, 0.15) is 18.4 Å². The van der Waals surface area contributed by atoms with E-state index in [9.17, 15) is 5.26 Å². The zero-order chi connectivity index (χ0) is 10.7. The Bertz CT molecular complexity index is 389. The molecule has 2 rings (SSSR count). The Balaban J connectivity index is 2.37. The number of hydrogen-bond acceptors (Lipinski definition) is 2. The van der Waals surface area contributed by atoms with Crippen LogP contribution in [-0.4, -0.2) is 13.1 Å². The highest BCUT2D eigenvalue weighted by atomic mass is 35.5. The van der Waals surface area contributed by atoms with Crippen LogP contribution in [0.2, 0.25) is 5.02 Å². The molecule has 3 heteroatoms. The van der Waals surface area contributed by atoms with Crippen molar-refractivity contribution in [1.82, 2.24) is 5.32 Å². The van der Waals surface area contributed by atoms with E-state index in [0.29, 0.717) is 5.02 Å². The standard InChI is InChI=1S/C12H13ClN2/c13-11-3-1-2-10(8-11)12(9-14)4-6-15-7-5-12/h1-3,8,15H,4-7H2. The number of nitriles is 1. The maximum atomic E-state index is 9.36. The molecule has 2 nitrogen and oxygen atoms in total. The molecule has 1 heterocycles. The maximum Gasteiger partial charge on any atom is 0.0847 e. The Morgan fingerprint density at radius 3 is 2.67 bits per heavy atom. The van der Waals surface area contributed by atoms with Crippen LogP contribution in [0.15, 0.2) is 24.3 Å². The molecule has 1 N–H and O–H groups in total. The van der Waals surface area contributed by atoms with E-state index in [0.717, 1.165) is 31.5 Å². The molecule has 0 aromatic heterocycles. The Morgan fingerprint density at radius 1 is 1.33 bits per heavy atom. The van der Waals surface area contributed by atoms with Gasteiger partial charge in [-0.2, -0.15) is 5.26 Å². The highest BCUT2D eigenvalue weighted by Gasteiger charge is 2.33. The highest BCUT2D eigenvalue weighted by Crippen LogP contribution is 2.33. The number of piperidine rings is 1. The molecular weight excluding hydrogens is 208 g/mol. The van der Waals surface area contributed by atoms with Crippen molar-refractivity contribution >= 4 is 11.6 Å². The molecule has 15 heavy (non-hydrogen) atoms. The summed E-state index contributed by atoms with van der Waals surface area (Å²) in [6.07, 6.45) is 1.73. The third kappa shape index (κ3) is 1.99. The van der Waals surface area contributed by atoms with Crippen molar-refractivity contribution < 1.29 is 0 Å². The van der Waals surface area contributed by atoms with Crippen LogP contribution in [0.25, 0.3) is 0 Å². The first-order chi connectivity index (χ1) is 7.27. The molecule has 1 saturated heterocycles. The zero-order valence-electron chi connectivity index (χ0n) is 8.46. The molecule has 0 saturated carbocycles. The minimum Gasteiger partial charge on any atom is -0.317 e. The minimum atomic E-state index is -0.337. The third-order valence-electron chi connectivity index (χ3n) is 3.05. The first-order valence-electron chi connectivity index (χ1n) is 5.15. The summed E-state index contributed by atoms with van der Waals surface area (Å²) in [4.78, 5) is 0. The lowest BCUT2D eigenvalue weighted by atomic mass is 9.74. The van der Waals surface area contributed by atoms with Crippen LogP contribution in [0, 0.1) is 11.3 Å². The minimum absolute atomic E-state index is 0.337. The van der Waals surface area contributed by atoms with E-state index in [4.69, 9.17) is 11.6 Å². The summed E-state index contributed by atoms with van der Waals surface area (Å²) >= 11 is 5.96. The third-order valence-corrected chi connectivity index (χ3v) is 3.28. The van der Waals surface area contributed by atoms with Gasteiger partial charge in [0.15, 0.2) is 0 Å². The SMILES string of the molecule is N#CC1(c2cccc(Cl)c2)CCNCC1. The summed E-state index contributed by atoms with van der Waals surface area (Å²) in [6, 6.07) is 10.1. The molecule has 0 spiro atoms. The first-order valence-corrected chi connectivity index (χ1v) is 5.53. The number of hydrogen-bond donors (Lipinski definition) is 1. The van der Waals surface area contributed by atoms with E-state index in [2.05, 4.69) is 11.4 Å². The molecular formula is C12H13ClN2. The van der Waals surface area contributed by atoms with Gasteiger partial charge < -0.3 is 5.32 Å². The van der Waals surface area contributed by atoms with E-state index >= 15 is 0 Å². The van der Waals surface area contributed by atoms with E-state index in [1.807, 2.05) is 24.3 Å². The Morgan fingerprint density at radius 2 is 2.07 bits per heavy atom. The molecule has 0 atom stereocenters. The maximum absolute atomic E-state index is 9.36. The number of nitrogens with one attached hydrogen (secondary N) is 1. The average Bonchev–Trinajstić information content (AvgIpc) is 2.30.